The predicted octanol–water partition coefficient (Wildman–Crippen LogP) is 5.75. The minimum atomic E-state index is -0.166. The van der Waals surface area contributed by atoms with Crippen molar-refractivity contribution in [1.29, 1.82) is 0 Å². The van der Waals surface area contributed by atoms with Crippen molar-refractivity contribution in [2.45, 2.75) is 58.0 Å². The lowest BCUT2D eigenvalue weighted by molar-refractivity contribution is -0.188. The van der Waals surface area contributed by atoms with Gasteiger partial charge in [0.05, 0.1) is 6.04 Å². The van der Waals surface area contributed by atoms with Gasteiger partial charge in [-0.3, -0.25) is 0 Å². The first-order valence-corrected chi connectivity index (χ1v) is 11.3. The zero-order valence-electron chi connectivity index (χ0n) is 16.8. The number of ether oxygens (including phenoxy) is 2. The summed E-state index contributed by atoms with van der Waals surface area (Å²) in [6.07, 6.45) is 7.52. The summed E-state index contributed by atoms with van der Waals surface area (Å²) in [5, 5.41) is 4.30. The summed E-state index contributed by atoms with van der Waals surface area (Å²) in [5.41, 5.74) is 1.89. The highest BCUT2D eigenvalue weighted by Gasteiger charge is 2.25. The summed E-state index contributed by atoms with van der Waals surface area (Å²) in [7, 11) is 0. The molecule has 0 bridgehead atoms. The fourth-order valence-corrected chi connectivity index (χ4v) is 4.11. The van der Waals surface area contributed by atoms with Gasteiger partial charge in [-0.25, -0.2) is 4.98 Å². The zero-order valence-corrected chi connectivity index (χ0v) is 18.9. The van der Waals surface area contributed by atoms with E-state index in [1.165, 1.54) is 3.57 Å². The molecule has 1 saturated heterocycles. The van der Waals surface area contributed by atoms with Gasteiger partial charge in [0.1, 0.15) is 17.6 Å². The maximum absolute atomic E-state index is 6.14. The fraction of sp³-hybridized carbons (Fsp3) is 0.455. The lowest BCUT2D eigenvalue weighted by Gasteiger charge is -2.27. The Labute approximate surface area is 184 Å². The third-order valence-electron chi connectivity index (χ3n) is 5.28. The van der Waals surface area contributed by atoms with Crippen LogP contribution in [0.2, 0.25) is 0 Å². The number of nitrogens with zero attached hydrogens (tertiary/aromatic N) is 3. The Balaban J connectivity index is 1.54. The highest BCUT2D eigenvalue weighted by molar-refractivity contribution is 14.1. The normalized spacial score (nSPS) is 19.2. The topological polar surface area (TPSA) is 62.3 Å². The maximum atomic E-state index is 6.14. The van der Waals surface area contributed by atoms with Crippen LogP contribution >= 0.6 is 22.6 Å². The SMILES string of the molecule is CC[C@H](c1cc(-c2ccc(I)cc2)no1)n1ccnc1[C@H](C)OC1CCCCO1. The second kappa shape index (κ2) is 9.40. The average molecular weight is 507 g/mol. The van der Waals surface area contributed by atoms with E-state index in [4.69, 9.17) is 14.0 Å². The van der Waals surface area contributed by atoms with Crippen LogP contribution in [0.15, 0.2) is 47.2 Å². The van der Waals surface area contributed by atoms with Gasteiger partial charge in [-0.05, 0) is 67.3 Å². The molecule has 29 heavy (non-hydrogen) atoms. The molecular formula is C22H26IN3O3. The van der Waals surface area contributed by atoms with E-state index in [2.05, 4.69) is 68.5 Å². The lowest BCUT2D eigenvalue weighted by atomic mass is 10.1. The number of benzene rings is 1. The molecule has 0 N–H and O–H groups in total. The number of rotatable bonds is 7. The Bertz CT molecular complexity index is 916. The van der Waals surface area contributed by atoms with Gasteiger partial charge in [-0.1, -0.05) is 24.2 Å². The van der Waals surface area contributed by atoms with Gasteiger partial charge >= 0.3 is 0 Å². The van der Waals surface area contributed by atoms with Crippen molar-refractivity contribution < 1.29 is 14.0 Å². The number of hydrogen-bond acceptors (Lipinski definition) is 5. The third-order valence-corrected chi connectivity index (χ3v) is 5.99. The molecule has 6 nitrogen and oxygen atoms in total. The van der Waals surface area contributed by atoms with E-state index in [0.717, 1.165) is 55.1 Å². The van der Waals surface area contributed by atoms with Gasteiger partial charge in [-0.15, -0.1) is 0 Å². The Morgan fingerprint density at radius 1 is 1.28 bits per heavy atom. The van der Waals surface area contributed by atoms with Crippen molar-refractivity contribution in [3.63, 3.8) is 0 Å². The Hall–Kier alpha value is -1.71. The molecule has 0 radical (unpaired) electrons. The molecule has 0 spiro atoms. The van der Waals surface area contributed by atoms with E-state index in [0.29, 0.717) is 0 Å². The van der Waals surface area contributed by atoms with E-state index in [1.54, 1.807) is 0 Å². The molecular weight excluding hydrogens is 481 g/mol. The molecule has 3 atom stereocenters. The summed E-state index contributed by atoms with van der Waals surface area (Å²) in [4.78, 5) is 4.57. The summed E-state index contributed by atoms with van der Waals surface area (Å²) >= 11 is 2.30. The lowest BCUT2D eigenvalue weighted by Crippen LogP contribution is -2.25. The molecule has 0 aliphatic carbocycles. The molecule has 1 fully saturated rings. The highest BCUT2D eigenvalue weighted by atomic mass is 127. The average Bonchev–Trinajstić information content (AvgIpc) is 3.41. The van der Waals surface area contributed by atoms with Crippen molar-refractivity contribution in [2.24, 2.45) is 0 Å². The first-order chi connectivity index (χ1) is 14.2. The number of aromatic nitrogens is 3. The molecule has 1 aliphatic rings. The quantitative estimate of drug-likeness (QED) is 0.382. The van der Waals surface area contributed by atoms with Crippen LogP contribution in [-0.4, -0.2) is 27.6 Å². The molecule has 1 aromatic carbocycles. The van der Waals surface area contributed by atoms with Crippen LogP contribution in [0.25, 0.3) is 11.3 Å². The zero-order chi connectivity index (χ0) is 20.2. The summed E-state index contributed by atoms with van der Waals surface area (Å²) in [6.45, 7) is 4.93. The van der Waals surface area contributed by atoms with Crippen LogP contribution in [0.4, 0.5) is 0 Å². The second-order valence-corrected chi connectivity index (χ2v) is 8.56. The maximum Gasteiger partial charge on any atom is 0.160 e. The first kappa shape index (κ1) is 20.6. The molecule has 4 rings (SSSR count). The Morgan fingerprint density at radius 3 is 2.83 bits per heavy atom. The van der Waals surface area contributed by atoms with Crippen molar-refractivity contribution in [1.82, 2.24) is 14.7 Å². The molecule has 154 valence electrons. The van der Waals surface area contributed by atoms with Gasteiger partial charge in [-0.2, -0.15) is 0 Å². The third kappa shape index (κ3) is 4.73. The predicted molar refractivity (Wildman–Crippen MR) is 118 cm³/mol. The van der Waals surface area contributed by atoms with E-state index >= 15 is 0 Å². The van der Waals surface area contributed by atoms with Gasteiger partial charge in [0.15, 0.2) is 12.1 Å². The van der Waals surface area contributed by atoms with Crippen LogP contribution in [0.5, 0.6) is 0 Å². The van der Waals surface area contributed by atoms with Gasteiger partial charge < -0.3 is 18.6 Å². The van der Waals surface area contributed by atoms with Crippen molar-refractivity contribution in [2.75, 3.05) is 6.61 Å². The molecule has 1 unspecified atom stereocenters. The summed E-state index contributed by atoms with van der Waals surface area (Å²) < 4.78 is 20.9. The highest BCUT2D eigenvalue weighted by Crippen LogP contribution is 2.31. The van der Waals surface area contributed by atoms with Crippen LogP contribution < -0.4 is 0 Å². The van der Waals surface area contributed by atoms with Gasteiger partial charge in [0.2, 0.25) is 0 Å². The molecule has 7 heteroatoms. The fourth-order valence-electron chi connectivity index (χ4n) is 3.75. The molecule has 0 saturated carbocycles. The molecule has 2 aromatic heterocycles. The smallest absolute Gasteiger partial charge is 0.160 e. The van der Waals surface area contributed by atoms with Gasteiger partial charge in [0.25, 0.3) is 0 Å². The van der Waals surface area contributed by atoms with Crippen LogP contribution in [0.3, 0.4) is 0 Å². The number of halogens is 1. The second-order valence-electron chi connectivity index (χ2n) is 7.31. The summed E-state index contributed by atoms with van der Waals surface area (Å²) in [6, 6.07) is 10.3. The molecule has 3 aromatic rings. The largest absolute Gasteiger partial charge is 0.359 e. The number of hydrogen-bond donors (Lipinski definition) is 0. The van der Waals surface area contributed by atoms with Crippen LogP contribution in [-0.2, 0) is 9.47 Å². The van der Waals surface area contributed by atoms with Crippen molar-refractivity contribution in [3.8, 4) is 11.3 Å². The monoisotopic (exact) mass is 507 g/mol. The Morgan fingerprint density at radius 2 is 2.10 bits per heavy atom. The van der Waals surface area contributed by atoms with E-state index in [1.807, 2.05) is 25.4 Å². The molecule has 0 amide bonds. The minimum Gasteiger partial charge on any atom is -0.359 e. The van der Waals surface area contributed by atoms with E-state index in [9.17, 15) is 0 Å². The summed E-state index contributed by atoms with van der Waals surface area (Å²) in [5.74, 6) is 1.69. The van der Waals surface area contributed by atoms with Crippen molar-refractivity contribution >= 4 is 22.6 Å². The van der Waals surface area contributed by atoms with Crippen molar-refractivity contribution in [3.05, 3.63) is 57.9 Å². The Kier molecular flexibility index (Phi) is 6.67. The number of imidazole rings is 1. The van der Waals surface area contributed by atoms with Gasteiger partial charge in [0, 0.05) is 34.2 Å². The minimum absolute atomic E-state index is 0.0101. The van der Waals surface area contributed by atoms with Crippen LogP contribution in [0, 0.1) is 3.57 Å². The van der Waals surface area contributed by atoms with E-state index < -0.39 is 0 Å². The molecule has 3 heterocycles. The molecule has 1 aliphatic heterocycles. The van der Waals surface area contributed by atoms with Crippen LogP contribution in [0.1, 0.15) is 63.3 Å². The van der Waals surface area contributed by atoms with E-state index in [-0.39, 0.29) is 18.4 Å². The standard InChI is InChI=1S/C22H26IN3O3/c1-3-19(20-14-18(25-29-20)16-7-9-17(23)10-8-16)26-12-11-24-22(26)15(2)28-21-6-4-5-13-27-21/h7-12,14-15,19,21H,3-6,13H2,1-2H3/t15-,19+,21?/m0/s1. The first-order valence-electron chi connectivity index (χ1n) is 10.2.